The van der Waals surface area contributed by atoms with Crippen LogP contribution in [0.3, 0.4) is 0 Å². The molecule has 12 rings (SSSR count). The van der Waals surface area contributed by atoms with Gasteiger partial charge in [0.15, 0.2) is 17.5 Å². The van der Waals surface area contributed by atoms with E-state index in [0.29, 0.717) is 17.5 Å². The molecule has 0 unspecified atom stereocenters. The fourth-order valence-electron chi connectivity index (χ4n) is 9.17. The molecule has 61 heavy (non-hydrogen) atoms. The van der Waals surface area contributed by atoms with Crippen LogP contribution >= 0.6 is 0 Å². The van der Waals surface area contributed by atoms with Crippen molar-refractivity contribution in [2.75, 3.05) is 0 Å². The zero-order chi connectivity index (χ0) is 40.3. The summed E-state index contributed by atoms with van der Waals surface area (Å²) in [4.78, 5) is 15.3. The average molecular weight is 777 g/mol. The Kier molecular flexibility index (Phi) is 8.13. The van der Waals surface area contributed by atoms with Crippen LogP contribution in [-0.2, 0) is 0 Å². The van der Waals surface area contributed by atoms with Crippen LogP contribution in [0.4, 0.5) is 0 Å². The second kappa shape index (κ2) is 14.3. The molecule has 2 heterocycles. The first-order valence-electron chi connectivity index (χ1n) is 20.7. The highest BCUT2D eigenvalue weighted by molar-refractivity contribution is 6.28. The Morgan fingerprint density at radius 2 is 0.705 bits per heavy atom. The molecule has 0 aliphatic heterocycles. The Balaban J connectivity index is 1.09. The lowest BCUT2D eigenvalue weighted by Crippen LogP contribution is -2.01. The summed E-state index contributed by atoms with van der Waals surface area (Å²) in [5, 5.41) is 9.44. The average Bonchev–Trinajstić information content (AvgIpc) is 3.67. The molecular weight excluding hydrogens is 741 g/mol. The van der Waals surface area contributed by atoms with Gasteiger partial charge in [-0.1, -0.05) is 182 Å². The van der Waals surface area contributed by atoms with Crippen molar-refractivity contribution in [3.05, 3.63) is 218 Å². The molecule has 0 N–H and O–H groups in total. The number of aromatic nitrogens is 4. The van der Waals surface area contributed by atoms with Gasteiger partial charge in [0.05, 0.1) is 11.0 Å². The van der Waals surface area contributed by atoms with Crippen LogP contribution in [0, 0.1) is 0 Å². The first-order valence-corrected chi connectivity index (χ1v) is 20.7. The SMILES string of the molecule is c1ccc(-c2ccc3c(c2)c2cc(-c4ccccc4)ccc2n3-c2ccc3c(c2)c2ccccc2c2c(-c4nc(-c5ccccc5)nc(-c5ccccc5)n4)cccc32)cc1. The van der Waals surface area contributed by atoms with E-state index in [9.17, 15) is 0 Å². The minimum Gasteiger partial charge on any atom is -0.309 e. The predicted molar refractivity (Wildman–Crippen MR) is 254 cm³/mol. The molecule has 0 aliphatic rings. The summed E-state index contributed by atoms with van der Waals surface area (Å²) in [6.45, 7) is 0. The van der Waals surface area contributed by atoms with Crippen molar-refractivity contribution in [2.24, 2.45) is 0 Å². The van der Waals surface area contributed by atoms with Gasteiger partial charge in [0, 0.05) is 38.5 Å². The molecule has 0 saturated heterocycles. The zero-order valence-electron chi connectivity index (χ0n) is 33.1. The van der Waals surface area contributed by atoms with E-state index in [1.54, 1.807) is 0 Å². The molecule has 12 aromatic rings. The molecule has 284 valence electrons. The number of rotatable bonds is 6. The molecule has 4 heteroatoms. The lowest BCUT2D eigenvalue weighted by Gasteiger charge is -2.16. The highest BCUT2D eigenvalue weighted by Crippen LogP contribution is 2.43. The minimum atomic E-state index is 0.647. The van der Waals surface area contributed by atoms with Crippen LogP contribution in [0.5, 0.6) is 0 Å². The normalized spacial score (nSPS) is 11.6. The Labute approximate surface area is 352 Å². The van der Waals surface area contributed by atoms with Gasteiger partial charge in [0.1, 0.15) is 0 Å². The fraction of sp³-hybridized carbons (Fsp3) is 0. The maximum Gasteiger partial charge on any atom is 0.164 e. The van der Waals surface area contributed by atoms with Gasteiger partial charge in [-0.3, -0.25) is 0 Å². The maximum atomic E-state index is 5.17. The van der Waals surface area contributed by atoms with Crippen molar-refractivity contribution in [3.8, 4) is 62.1 Å². The molecule has 10 aromatic carbocycles. The van der Waals surface area contributed by atoms with Crippen LogP contribution in [0.25, 0.3) is 116 Å². The first kappa shape index (κ1) is 34.8. The standard InChI is InChI=1S/C57H36N4/c1-5-16-37(17-6-1)41-28-32-52-50(34-41)51-35-42(38-18-7-2-8-19-38)29-33-53(51)61(52)43-30-31-45-47-26-15-27-48(54(47)46-25-14-13-24-44(46)49(45)36-43)57-59-55(39-20-9-3-10-21-39)58-56(60-57)40-22-11-4-12-23-40/h1-36H. The Bertz CT molecular complexity index is 3430. The number of hydrogen-bond acceptors (Lipinski definition) is 3. The first-order chi connectivity index (χ1) is 30.2. The molecule has 0 radical (unpaired) electrons. The van der Waals surface area contributed by atoms with E-state index >= 15 is 0 Å². The number of hydrogen-bond donors (Lipinski definition) is 0. The van der Waals surface area contributed by atoms with Crippen LogP contribution in [0.2, 0.25) is 0 Å². The second-order valence-corrected chi connectivity index (χ2v) is 15.6. The molecule has 0 atom stereocenters. The molecule has 0 aliphatic carbocycles. The van der Waals surface area contributed by atoms with E-state index in [1.807, 2.05) is 36.4 Å². The van der Waals surface area contributed by atoms with Crippen molar-refractivity contribution in [1.29, 1.82) is 0 Å². The Morgan fingerprint density at radius 3 is 1.25 bits per heavy atom. The van der Waals surface area contributed by atoms with Crippen LogP contribution in [0.1, 0.15) is 0 Å². The molecule has 0 saturated carbocycles. The van der Waals surface area contributed by atoms with E-state index in [1.165, 1.54) is 60.2 Å². The summed E-state index contributed by atoms with van der Waals surface area (Å²) < 4.78 is 2.43. The van der Waals surface area contributed by atoms with Gasteiger partial charge in [-0.2, -0.15) is 0 Å². The van der Waals surface area contributed by atoms with Crippen LogP contribution in [0.15, 0.2) is 218 Å². The summed E-state index contributed by atoms with van der Waals surface area (Å²) in [6, 6.07) is 77.7. The third-order valence-corrected chi connectivity index (χ3v) is 12.0. The lowest BCUT2D eigenvalue weighted by atomic mass is 9.91. The summed E-state index contributed by atoms with van der Waals surface area (Å²) in [7, 11) is 0. The number of nitrogens with zero attached hydrogens (tertiary/aromatic N) is 4. The molecule has 0 spiro atoms. The zero-order valence-corrected chi connectivity index (χ0v) is 33.1. The summed E-state index contributed by atoms with van der Waals surface area (Å²) in [5.41, 5.74) is 11.1. The smallest absolute Gasteiger partial charge is 0.164 e. The molecule has 4 nitrogen and oxygen atoms in total. The van der Waals surface area contributed by atoms with Crippen molar-refractivity contribution in [1.82, 2.24) is 19.5 Å². The Morgan fingerprint density at radius 1 is 0.262 bits per heavy atom. The highest BCUT2D eigenvalue weighted by atomic mass is 15.0. The van der Waals surface area contributed by atoms with Gasteiger partial charge < -0.3 is 4.57 Å². The molecule has 0 bridgehead atoms. The third-order valence-electron chi connectivity index (χ3n) is 12.0. The Hall–Kier alpha value is -8.21. The largest absolute Gasteiger partial charge is 0.309 e. The second-order valence-electron chi connectivity index (χ2n) is 15.6. The van der Waals surface area contributed by atoms with Gasteiger partial charge in [0.2, 0.25) is 0 Å². The number of benzene rings is 10. The van der Waals surface area contributed by atoms with E-state index in [0.717, 1.165) is 38.5 Å². The van der Waals surface area contributed by atoms with Crippen molar-refractivity contribution >= 4 is 54.1 Å². The summed E-state index contributed by atoms with van der Waals surface area (Å²) >= 11 is 0. The van der Waals surface area contributed by atoms with E-state index in [2.05, 4.69) is 187 Å². The van der Waals surface area contributed by atoms with Crippen molar-refractivity contribution in [2.45, 2.75) is 0 Å². The quantitative estimate of drug-likeness (QED) is 0.158. The summed E-state index contributed by atoms with van der Waals surface area (Å²) in [6.07, 6.45) is 0. The molecule has 0 amide bonds. The number of fused-ring (bicyclic) bond motifs is 9. The predicted octanol–water partition coefficient (Wildman–Crippen LogP) is 14.8. The van der Waals surface area contributed by atoms with Crippen molar-refractivity contribution < 1.29 is 0 Å². The van der Waals surface area contributed by atoms with E-state index < -0.39 is 0 Å². The van der Waals surface area contributed by atoms with Crippen LogP contribution in [-0.4, -0.2) is 19.5 Å². The van der Waals surface area contributed by atoms with Gasteiger partial charge in [-0.15, -0.1) is 0 Å². The molecular formula is C57H36N4. The summed E-state index contributed by atoms with van der Waals surface area (Å²) in [5.74, 6) is 1.94. The molecule has 2 aromatic heterocycles. The maximum absolute atomic E-state index is 5.17. The van der Waals surface area contributed by atoms with Crippen molar-refractivity contribution in [3.63, 3.8) is 0 Å². The molecule has 0 fully saturated rings. The fourth-order valence-corrected chi connectivity index (χ4v) is 9.17. The lowest BCUT2D eigenvalue weighted by molar-refractivity contribution is 1.08. The van der Waals surface area contributed by atoms with Gasteiger partial charge in [0.25, 0.3) is 0 Å². The monoisotopic (exact) mass is 776 g/mol. The van der Waals surface area contributed by atoms with E-state index in [-0.39, 0.29) is 0 Å². The minimum absolute atomic E-state index is 0.647. The van der Waals surface area contributed by atoms with Gasteiger partial charge in [-0.05, 0) is 85.6 Å². The van der Waals surface area contributed by atoms with Gasteiger partial charge in [-0.25, -0.2) is 15.0 Å². The third kappa shape index (κ3) is 5.88. The van der Waals surface area contributed by atoms with Crippen LogP contribution < -0.4 is 0 Å². The van der Waals surface area contributed by atoms with E-state index in [4.69, 9.17) is 15.0 Å². The topological polar surface area (TPSA) is 43.6 Å². The highest BCUT2D eigenvalue weighted by Gasteiger charge is 2.20. The van der Waals surface area contributed by atoms with Gasteiger partial charge >= 0.3 is 0 Å².